The summed E-state index contributed by atoms with van der Waals surface area (Å²) in [6, 6.07) is 6.54. The van der Waals surface area contributed by atoms with Gasteiger partial charge in [-0.3, -0.25) is 14.9 Å². The molecule has 0 spiro atoms. The van der Waals surface area contributed by atoms with E-state index in [1.807, 2.05) is 18.3 Å². The third-order valence-electron chi connectivity index (χ3n) is 6.02. The van der Waals surface area contributed by atoms with E-state index >= 15 is 0 Å². The van der Waals surface area contributed by atoms with Crippen LogP contribution in [0.15, 0.2) is 36.8 Å². The van der Waals surface area contributed by atoms with Crippen LogP contribution in [0.25, 0.3) is 10.9 Å². The second kappa shape index (κ2) is 7.06. The fraction of sp³-hybridized carbons (Fsp3) is 0.455. The molecule has 1 fully saturated rings. The lowest BCUT2D eigenvalue weighted by Crippen LogP contribution is -2.31. The third kappa shape index (κ3) is 2.95. The minimum absolute atomic E-state index is 0. The maximum atomic E-state index is 10.8. The summed E-state index contributed by atoms with van der Waals surface area (Å²) in [5, 5.41) is 12.1. The monoisotopic (exact) mass is 364 g/mol. The Morgan fingerprint density at radius 3 is 2.89 bits per heavy atom. The van der Waals surface area contributed by atoms with Crippen molar-refractivity contribution in [1.29, 1.82) is 0 Å². The fourth-order valence-corrected chi connectivity index (χ4v) is 4.81. The van der Waals surface area contributed by atoms with Gasteiger partial charge in [-0.2, -0.15) is 0 Å². The Bertz CT molecular complexity index is 950. The zero-order chi connectivity index (χ0) is 17.7. The molecule has 0 amide bonds. The van der Waals surface area contributed by atoms with E-state index in [4.69, 9.17) is 0 Å². The SMILES string of the molecule is C.Cc1cc2c3c(n(CC(O)c4ccncc4)c2cn1)CCN1CCCC31. The number of hydrogen-bond acceptors (Lipinski definition) is 4. The summed E-state index contributed by atoms with van der Waals surface area (Å²) in [6.07, 6.45) is 8.48. The van der Waals surface area contributed by atoms with Crippen LogP contribution in [0.2, 0.25) is 0 Å². The number of aliphatic hydroxyl groups is 1. The molecule has 142 valence electrons. The topological polar surface area (TPSA) is 54.2 Å². The number of rotatable bonds is 3. The van der Waals surface area contributed by atoms with Gasteiger partial charge in [-0.15, -0.1) is 0 Å². The molecular weight excluding hydrogens is 336 g/mol. The summed E-state index contributed by atoms with van der Waals surface area (Å²) >= 11 is 0. The van der Waals surface area contributed by atoms with E-state index in [2.05, 4.69) is 32.4 Å². The molecule has 1 saturated heterocycles. The zero-order valence-electron chi connectivity index (χ0n) is 15.1. The van der Waals surface area contributed by atoms with Gasteiger partial charge in [-0.25, -0.2) is 0 Å². The molecule has 5 nitrogen and oxygen atoms in total. The lowest BCUT2D eigenvalue weighted by Gasteiger charge is -2.31. The molecule has 2 atom stereocenters. The standard InChI is InChI=1S/C21H24N4O.CH4/c1-14-11-16-19(12-23-14)25(13-20(26)15-4-7-22-8-5-15)18-6-10-24-9-2-3-17(24)21(16)18;/h4-5,7-8,11-12,17,20,26H,2-3,6,9-10,13H2,1H3;1H4. The molecule has 5 heteroatoms. The summed E-state index contributed by atoms with van der Waals surface area (Å²) in [4.78, 5) is 11.2. The second-order valence-corrected chi connectivity index (χ2v) is 7.55. The van der Waals surface area contributed by atoms with Crippen LogP contribution in [0.4, 0.5) is 0 Å². The highest BCUT2D eigenvalue weighted by Crippen LogP contribution is 2.43. The molecule has 3 aromatic heterocycles. The minimum Gasteiger partial charge on any atom is -0.387 e. The van der Waals surface area contributed by atoms with E-state index in [9.17, 15) is 5.11 Å². The number of pyridine rings is 2. The summed E-state index contributed by atoms with van der Waals surface area (Å²) in [7, 11) is 0. The molecule has 0 radical (unpaired) electrons. The minimum atomic E-state index is -0.541. The van der Waals surface area contributed by atoms with Crippen molar-refractivity contribution in [2.75, 3.05) is 13.1 Å². The van der Waals surface area contributed by atoms with E-state index in [1.165, 1.54) is 36.0 Å². The highest BCUT2D eigenvalue weighted by molar-refractivity contribution is 5.86. The number of fused-ring (bicyclic) bond motifs is 5. The summed E-state index contributed by atoms with van der Waals surface area (Å²) in [5.74, 6) is 0. The van der Waals surface area contributed by atoms with E-state index in [0.717, 1.165) is 29.7 Å². The quantitative estimate of drug-likeness (QED) is 0.768. The summed E-state index contributed by atoms with van der Waals surface area (Å²) in [5.41, 5.74) is 6.00. The fourth-order valence-electron chi connectivity index (χ4n) is 4.81. The average Bonchev–Trinajstić information content (AvgIpc) is 3.25. The van der Waals surface area contributed by atoms with Crippen molar-refractivity contribution in [1.82, 2.24) is 19.4 Å². The summed E-state index contributed by atoms with van der Waals surface area (Å²) in [6.45, 7) is 4.95. The van der Waals surface area contributed by atoms with Crippen LogP contribution in [0.5, 0.6) is 0 Å². The van der Waals surface area contributed by atoms with Crippen LogP contribution >= 0.6 is 0 Å². The first-order valence-corrected chi connectivity index (χ1v) is 9.52. The van der Waals surface area contributed by atoms with E-state index < -0.39 is 6.10 Å². The van der Waals surface area contributed by atoms with Crippen molar-refractivity contribution in [2.24, 2.45) is 0 Å². The normalized spacial score (nSPS) is 20.1. The van der Waals surface area contributed by atoms with Gasteiger partial charge >= 0.3 is 0 Å². The molecule has 0 bridgehead atoms. The largest absolute Gasteiger partial charge is 0.387 e. The predicted octanol–water partition coefficient (Wildman–Crippen LogP) is 3.80. The van der Waals surface area contributed by atoms with Crippen LogP contribution in [-0.2, 0) is 13.0 Å². The first-order chi connectivity index (χ1) is 12.7. The predicted molar refractivity (Wildman–Crippen MR) is 108 cm³/mol. The van der Waals surface area contributed by atoms with Crippen molar-refractivity contribution in [3.8, 4) is 0 Å². The maximum Gasteiger partial charge on any atom is 0.0970 e. The maximum absolute atomic E-state index is 10.8. The Labute approximate surface area is 160 Å². The van der Waals surface area contributed by atoms with E-state index in [1.54, 1.807) is 12.4 Å². The van der Waals surface area contributed by atoms with Crippen molar-refractivity contribution in [2.45, 2.75) is 52.3 Å². The Morgan fingerprint density at radius 2 is 2.07 bits per heavy atom. The molecule has 1 N–H and O–H groups in total. The Balaban J connectivity index is 0.00000180. The van der Waals surface area contributed by atoms with Crippen molar-refractivity contribution in [3.05, 3.63) is 59.3 Å². The molecule has 0 aliphatic carbocycles. The van der Waals surface area contributed by atoms with Gasteiger partial charge in [0.05, 0.1) is 24.4 Å². The Hall–Kier alpha value is -2.24. The zero-order valence-corrected chi connectivity index (χ0v) is 15.1. The van der Waals surface area contributed by atoms with Gasteiger partial charge in [0.15, 0.2) is 0 Å². The van der Waals surface area contributed by atoms with Gasteiger partial charge in [-0.05, 0) is 55.6 Å². The summed E-state index contributed by atoms with van der Waals surface area (Å²) < 4.78 is 2.32. The smallest absolute Gasteiger partial charge is 0.0970 e. The number of aromatic nitrogens is 3. The van der Waals surface area contributed by atoms with Gasteiger partial charge < -0.3 is 9.67 Å². The van der Waals surface area contributed by atoms with E-state index in [0.29, 0.717) is 12.6 Å². The van der Waals surface area contributed by atoms with Crippen molar-refractivity contribution >= 4 is 10.9 Å². The Kier molecular flexibility index (Phi) is 4.74. The number of nitrogens with zero attached hydrogens (tertiary/aromatic N) is 4. The molecule has 0 saturated carbocycles. The molecule has 0 aromatic carbocycles. The molecular formula is C22H28N4O. The van der Waals surface area contributed by atoms with Gasteiger partial charge in [0.25, 0.3) is 0 Å². The highest BCUT2D eigenvalue weighted by Gasteiger charge is 2.35. The van der Waals surface area contributed by atoms with Crippen LogP contribution in [0.3, 0.4) is 0 Å². The highest BCUT2D eigenvalue weighted by atomic mass is 16.3. The van der Waals surface area contributed by atoms with Gasteiger partial charge in [-0.1, -0.05) is 7.43 Å². The van der Waals surface area contributed by atoms with E-state index in [-0.39, 0.29) is 7.43 Å². The van der Waals surface area contributed by atoms with Gasteiger partial charge in [0.1, 0.15) is 0 Å². The van der Waals surface area contributed by atoms with Crippen LogP contribution in [0, 0.1) is 6.92 Å². The van der Waals surface area contributed by atoms with Crippen molar-refractivity contribution < 1.29 is 5.11 Å². The first-order valence-electron chi connectivity index (χ1n) is 9.52. The molecule has 27 heavy (non-hydrogen) atoms. The molecule has 2 aliphatic rings. The number of aryl methyl sites for hydroxylation is 1. The van der Waals surface area contributed by atoms with Crippen LogP contribution in [-0.4, -0.2) is 37.6 Å². The van der Waals surface area contributed by atoms with Gasteiger partial charge in [0, 0.05) is 48.2 Å². The van der Waals surface area contributed by atoms with Crippen LogP contribution in [0.1, 0.15) is 54.9 Å². The Morgan fingerprint density at radius 1 is 1.26 bits per heavy atom. The first kappa shape index (κ1) is 18.1. The molecule has 3 aromatic rings. The van der Waals surface area contributed by atoms with Gasteiger partial charge in [0.2, 0.25) is 0 Å². The average molecular weight is 364 g/mol. The van der Waals surface area contributed by atoms with Crippen molar-refractivity contribution in [3.63, 3.8) is 0 Å². The molecule has 5 heterocycles. The number of hydrogen-bond donors (Lipinski definition) is 1. The lowest BCUT2D eigenvalue weighted by molar-refractivity contribution is 0.155. The lowest BCUT2D eigenvalue weighted by atomic mass is 9.96. The number of aliphatic hydroxyl groups excluding tert-OH is 1. The second-order valence-electron chi connectivity index (χ2n) is 7.55. The van der Waals surface area contributed by atoms with Crippen LogP contribution < -0.4 is 0 Å². The third-order valence-corrected chi connectivity index (χ3v) is 6.02. The molecule has 2 unspecified atom stereocenters. The molecule has 5 rings (SSSR count). The molecule has 2 aliphatic heterocycles.